The van der Waals surface area contributed by atoms with Crippen LogP contribution in [0.4, 0.5) is 0 Å². The topological polar surface area (TPSA) is 47.6 Å². The highest BCUT2D eigenvalue weighted by Crippen LogP contribution is 2.28. The lowest BCUT2D eigenvalue weighted by molar-refractivity contribution is -0.173. The van der Waals surface area contributed by atoms with Crippen LogP contribution in [0.3, 0.4) is 0 Å². The molecular formula is C10H17NO3. The third-order valence-electron chi connectivity index (χ3n) is 2.80. The van der Waals surface area contributed by atoms with Crippen LogP contribution in [0.1, 0.15) is 19.8 Å². The second-order valence-corrected chi connectivity index (χ2v) is 4.53. The quantitative estimate of drug-likeness (QED) is 0.721. The van der Waals surface area contributed by atoms with Crippen molar-refractivity contribution in [2.24, 2.45) is 11.3 Å². The Kier molecular flexibility index (Phi) is 2.74. The summed E-state index contributed by atoms with van der Waals surface area (Å²) in [7, 11) is 0. The fourth-order valence-electron chi connectivity index (χ4n) is 1.54. The van der Waals surface area contributed by atoms with Crippen molar-refractivity contribution in [3.63, 3.8) is 0 Å². The molecule has 0 radical (unpaired) electrons. The molecule has 0 unspecified atom stereocenters. The minimum Gasteiger partial charge on any atom is -0.355 e. The predicted octanol–water partition coefficient (Wildman–Crippen LogP) is 0.523. The van der Waals surface area contributed by atoms with Gasteiger partial charge in [0.25, 0.3) is 0 Å². The average molecular weight is 199 g/mol. The maximum absolute atomic E-state index is 11.8. The van der Waals surface area contributed by atoms with Gasteiger partial charge in [-0.3, -0.25) is 4.79 Å². The van der Waals surface area contributed by atoms with Crippen molar-refractivity contribution in [3.05, 3.63) is 0 Å². The molecule has 0 aromatic heterocycles. The highest BCUT2D eigenvalue weighted by Gasteiger charge is 2.37. The van der Waals surface area contributed by atoms with Crippen LogP contribution in [0.25, 0.3) is 0 Å². The predicted molar refractivity (Wildman–Crippen MR) is 50.6 cm³/mol. The van der Waals surface area contributed by atoms with Gasteiger partial charge in [0.05, 0.1) is 18.6 Å². The zero-order valence-corrected chi connectivity index (χ0v) is 8.54. The number of hydrogen-bond acceptors (Lipinski definition) is 3. The molecule has 1 aliphatic carbocycles. The molecule has 80 valence electrons. The fraction of sp³-hybridized carbons (Fsp3) is 0.900. The van der Waals surface area contributed by atoms with Gasteiger partial charge >= 0.3 is 0 Å². The zero-order chi connectivity index (χ0) is 10.0. The Morgan fingerprint density at radius 2 is 2.07 bits per heavy atom. The van der Waals surface area contributed by atoms with Crippen LogP contribution in [-0.2, 0) is 14.3 Å². The summed E-state index contributed by atoms with van der Waals surface area (Å²) in [5.41, 5.74) is -0.493. The molecule has 1 amide bonds. The van der Waals surface area contributed by atoms with E-state index in [0.717, 1.165) is 6.54 Å². The van der Waals surface area contributed by atoms with Gasteiger partial charge in [0.15, 0.2) is 0 Å². The van der Waals surface area contributed by atoms with Crippen LogP contribution in [0.5, 0.6) is 0 Å². The van der Waals surface area contributed by atoms with Crippen LogP contribution >= 0.6 is 0 Å². The molecule has 2 rings (SSSR count). The third kappa shape index (κ3) is 2.25. The second kappa shape index (κ2) is 3.87. The molecule has 0 aromatic carbocycles. The Bertz CT molecular complexity index is 219. The van der Waals surface area contributed by atoms with Crippen molar-refractivity contribution >= 4 is 5.91 Å². The highest BCUT2D eigenvalue weighted by molar-refractivity contribution is 5.82. The van der Waals surface area contributed by atoms with E-state index >= 15 is 0 Å². The van der Waals surface area contributed by atoms with Gasteiger partial charge in [-0.15, -0.1) is 0 Å². The SMILES string of the molecule is CC1(C(=O)NCC2CC2)COCOC1. The van der Waals surface area contributed by atoms with Gasteiger partial charge in [-0.2, -0.15) is 0 Å². The summed E-state index contributed by atoms with van der Waals surface area (Å²) in [5, 5.41) is 2.96. The van der Waals surface area contributed by atoms with Crippen LogP contribution < -0.4 is 5.32 Å². The van der Waals surface area contributed by atoms with Crippen molar-refractivity contribution in [1.82, 2.24) is 5.32 Å². The van der Waals surface area contributed by atoms with E-state index in [9.17, 15) is 4.79 Å². The van der Waals surface area contributed by atoms with Crippen molar-refractivity contribution in [2.45, 2.75) is 19.8 Å². The summed E-state index contributed by atoms with van der Waals surface area (Å²) in [6.07, 6.45) is 2.51. The van der Waals surface area contributed by atoms with E-state index < -0.39 is 5.41 Å². The van der Waals surface area contributed by atoms with E-state index in [0.29, 0.717) is 25.9 Å². The van der Waals surface area contributed by atoms with Gasteiger partial charge in [0.2, 0.25) is 5.91 Å². The lowest BCUT2D eigenvalue weighted by Crippen LogP contribution is -2.48. The smallest absolute Gasteiger partial charge is 0.230 e. The van der Waals surface area contributed by atoms with Crippen LogP contribution in [-0.4, -0.2) is 32.5 Å². The second-order valence-electron chi connectivity index (χ2n) is 4.53. The number of ether oxygens (including phenoxy) is 2. The summed E-state index contributed by atoms with van der Waals surface area (Å²) in [4.78, 5) is 11.8. The van der Waals surface area contributed by atoms with Gasteiger partial charge in [-0.25, -0.2) is 0 Å². The molecule has 1 saturated carbocycles. The normalized spacial score (nSPS) is 25.8. The van der Waals surface area contributed by atoms with E-state index in [1.807, 2.05) is 6.92 Å². The van der Waals surface area contributed by atoms with Gasteiger partial charge < -0.3 is 14.8 Å². The molecule has 1 N–H and O–H groups in total. The lowest BCUT2D eigenvalue weighted by Gasteiger charge is -2.31. The molecule has 4 nitrogen and oxygen atoms in total. The summed E-state index contributed by atoms with van der Waals surface area (Å²) < 4.78 is 10.3. The van der Waals surface area contributed by atoms with Crippen LogP contribution in [0.2, 0.25) is 0 Å². The number of carbonyl (C=O) groups is 1. The van der Waals surface area contributed by atoms with Crippen molar-refractivity contribution < 1.29 is 14.3 Å². The minimum absolute atomic E-state index is 0.0594. The largest absolute Gasteiger partial charge is 0.355 e. The van der Waals surface area contributed by atoms with E-state index in [2.05, 4.69) is 5.32 Å². The number of carbonyl (C=O) groups excluding carboxylic acids is 1. The van der Waals surface area contributed by atoms with Gasteiger partial charge in [0.1, 0.15) is 6.79 Å². The number of rotatable bonds is 3. The molecule has 4 heteroatoms. The molecule has 0 aromatic rings. The Labute approximate surface area is 84.0 Å². The van der Waals surface area contributed by atoms with Crippen LogP contribution in [0, 0.1) is 11.3 Å². The standard InChI is InChI=1S/C10H17NO3/c1-10(5-13-7-14-6-10)9(12)11-4-8-2-3-8/h8H,2-7H2,1H3,(H,11,12). The van der Waals surface area contributed by atoms with Gasteiger partial charge in [-0.1, -0.05) is 0 Å². The maximum Gasteiger partial charge on any atom is 0.230 e. The van der Waals surface area contributed by atoms with Gasteiger partial charge in [-0.05, 0) is 25.7 Å². The third-order valence-corrected chi connectivity index (χ3v) is 2.80. The Balaban J connectivity index is 1.80. The van der Waals surface area contributed by atoms with Crippen molar-refractivity contribution in [2.75, 3.05) is 26.6 Å². The average Bonchev–Trinajstić information content (AvgIpc) is 2.99. The Hall–Kier alpha value is -0.610. The molecule has 0 atom stereocenters. The zero-order valence-electron chi connectivity index (χ0n) is 8.54. The van der Waals surface area contributed by atoms with Crippen molar-refractivity contribution in [1.29, 1.82) is 0 Å². The molecule has 1 heterocycles. The Morgan fingerprint density at radius 1 is 1.43 bits per heavy atom. The van der Waals surface area contributed by atoms with E-state index in [1.54, 1.807) is 0 Å². The molecule has 2 aliphatic rings. The monoisotopic (exact) mass is 199 g/mol. The fourth-order valence-corrected chi connectivity index (χ4v) is 1.54. The number of amides is 1. The summed E-state index contributed by atoms with van der Waals surface area (Å²) in [5.74, 6) is 0.775. The van der Waals surface area contributed by atoms with E-state index in [-0.39, 0.29) is 5.91 Å². The molecule has 1 aliphatic heterocycles. The number of nitrogens with one attached hydrogen (secondary N) is 1. The summed E-state index contributed by atoms with van der Waals surface area (Å²) in [6, 6.07) is 0. The minimum atomic E-state index is -0.493. The lowest BCUT2D eigenvalue weighted by atomic mass is 9.91. The molecule has 2 fully saturated rings. The molecule has 14 heavy (non-hydrogen) atoms. The first kappa shape index (κ1) is 9.93. The first-order valence-electron chi connectivity index (χ1n) is 5.14. The van der Waals surface area contributed by atoms with E-state index in [1.165, 1.54) is 12.8 Å². The summed E-state index contributed by atoms with van der Waals surface area (Å²) >= 11 is 0. The first-order valence-corrected chi connectivity index (χ1v) is 5.14. The summed E-state index contributed by atoms with van der Waals surface area (Å²) in [6.45, 7) is 3.93. The highest BCUT2D eigenvalue weighted by atomic mass is 16.7. The first-order chi connectivity index (χ1) is 6.71. The molecule has 0 spiro atoms. The molecular weight excluding hydrogens is 182 g/mol. The number of hydrogen-bond donors (Lipinski definition) is 1. The maximum atomic E-state index is 11.8. The van der Waals surface area contributed by atoms with E-state index in [4.69, 9.17) is 9.47 Å². The molecule has 0 bridgehead atoms. The van der Waals surface area contributed by atoms with Crippen LogP contribution in [0.15, 0.2) is 0 Å². The van der Waals surface area contributed by atoms with Crippen molar-refractivity contribution in [3.8, 4) is 0 Å². The van der Waals surface area contributed by atoms with Gasteiger partial charge in [0, 0.05) is 6.54 Å². The Morgan fingerprint density at radius 3 is 2.64 bits per heavy atom. The molecule has 1 saturated heterocycles.